The van der Waals surface area contributed by atoms with E-state index in [9.17, 15) is 5.11 Å². The predicted molar refractivity (Wildman–Crippen MR) is 64.8 cm³/mol. The maximum atomic E-state index is 12.2. The molecule has 0 amide bonds. The van der Waals surface area contributed by atoms with Crippen LogP contribution in [0.1, 0.15) is 12.5 Å². The van der Waals surface area contributed by atoms with Crippen molar-refractivity contribution in [1.29, 1.82) is 0 Å². The summed E-state index contributed by atoms with van der Waals surface area (Å²) in [6, 6.07) is 17.0. The molecule has 1 nitrogen and oxygen atoms in total. The van der Waals surface area contributed by atoms with Crippen LogP contribution in [-0.4, -0.2) is 0 Å². The van der Waals surface area contributed by atoms with E-state index in [1.165, 1.54) is 0 Å². The van der Waals surface area contributed by atoms with Gasteiger partial charge in [0.1, 0.15) is 0 Å². The fourth-order valence-corrected chi connectivity index (χ4v) is 1.70. The van der Waals surface area contributed by atoms with E-state index in [0.29, 0.717) is 0 Å². The monoisotopic (exact) mass is 216 g/mol. The fraction of sp³-hybridized carbons (Fsp3) is 0.0667. The SMILES string of the molecule is C/C=c1\cccc\c1=C(\[O-])c1ccccc1.[Li+]. The zero-order valence-corrected chi connectivity index (χ0v) is 10.2. The third-order valence-electron chi connectivity index (χ3n) is 2.55. The number of hydrogen-bond acceptors (Lipinski definition) is 1. The Kier molecular flexibility index (Phi) is 5.09. The van der Waals surface area contributed by atoms with Crippen molar-refractivity contribution in [2.75, 3.05) is 0 Å². The molecule has 17 heavy (non-hydrogen) atoms. The minimum atomic E-state index is 0. The molecular weight excluding hydrogens is 203 g/mol. The van der Waals surface area contributed by atoms with Gasteiger partial charge in [0.25, 0.3) is 0 Å². The Morgan fingerprint density at radius 1 is 0.941 bits per heavy atom. The predicted octanol–water partition coefficient (Wildman–Crippen LogP) is -1.99. The van der Waals surface area contributed by atoms with Gasteiger partial charge < -0.3 is 5.11 Å². The molecule has 2 aromatic rings. The fourth-order valence-electron chi connectivity index (χ4n) is 1.70. The first-order valence-electron chi connectivity index (χ1n) is 5.31. The topological polar surface area (TPSA) is 23.1 Å². The second kappa shape index (κ2) is 6.35. The Morgan fingerprint density at radius 2 is 1.53 bits per heavy atom. The van der Waals surface area contributed by atoms with Gasteiger partial charge in [0.2, 0.25) is 0 Å². The van der Waals surface area contributed by atoms with E-state index in [0.717, 1.165) is 16.0 Å². The summed E-state index contributed by atoms with van der Waals surface area (Å²) >= 11 is 0. The average molecular weight is 216 g/mol. The summed E-state index contributed by atoms with van der Waals surface area (Å²) in [6.07, 6.45) is 1.95. The summed E-state index contributed by atoms with van der Waals surface area (Å²) in [6.45, 7) is 1.94. The molecule has 0 aliphatic carbocycles. The maximum Gasteiger partial charge on any atom is 1.00 e. The number of benzene rings is 2. The smallest absolute Gasteiger partial charge is 0.872 e. The third kappa shape index (κ3) is 3.03. The molecule has 0 N–H and O–H groups in total. The normalized spacial score (nSPS) is 12.9. The van der Waals surface area contributed by atoms with Crippen LogP contribution in [0.3, 0.4) is 0 Å². The number of rotatable bonds is 1. The quantitative estimate of drug-likeness (QED) is 0.506. The summed E-state index contributed by atoms with van der Waals surface area (Å²) in [5.74, 6) is 0.0781. The van der Waals surface area contributed by atoms with Gasteiger partial charge in [-0.15, -0.1) is 0 Å². The van der Waals surface area contributed by atoms with Crippen LogP contribution in [0.15, 0.2) is 54.6 Å². The van der Waals surface area contributed by atoms with Crippen LogP contribution in [0.5, 0.6) is 0 Å². The van der Waals surface area contributed by atoms with E-state index in [2.05, 4.69) is 0 Å². The first kappa shape index (κ1) is 13.6. The molecule has 0 heterocycles. The summed E-state index contributed by atoms with van der Waals surface area (Å²) in [5, 5.41) is 13.9. The molecule has 0 atom stereocenters. The van der Waals surface area contributed by atoms with E-state index in [1.54, 1.807) is 0 Å². The molecule has 2 heteroatoms. The largest absolute Gasteiger partial charge is 1.00 e. The molecule has 2 aromatic carbocycles. The summed E-state index contributed by atoms with van der Waals surface area (Å²) in [4.78, 5) is 0. The molecule has 0 saturated carbocycles. The van der Waals surface area contributed by atoms with Gasteiger partial charge >= 0.3 is 18.9 Å². The zero-order chi connectivity index (χ0) is 11.4. The van der Waals surface area contributed by atoms with Crippen molar-refractivity contribution < 1.29 is 24.0 Å². The standard InChI is InChI=1S/C15H14O.Li/c1-2-12-8-6-7-11-14(12)15(16)13-9-4-3-5-10-13;/h2-11,16H,1H3;/q;+1/p-1/b12-2+,15-14-;. The van der Waals surface area contributed by atoms with Crippen LogP contribution in [0.2, 0.25) is 0 Å². The van der Waals surface area contributed by atoms with E-state index < -0.39 is 0 Å². The Bertz CT molecular complexity index is 588. The molecule has 0 radical (unpaired) electrons. The second-order valence-corrected chi connectivity index (χ2v) is 3.57. The van der Waals surface area contributed by atoms with Crippen molar-refractivity contribution in [3.05, 3.63) is 70.6 Å². The van der Waals surface area contributed by atoms with Gasteiger partial charge in [0.15, 0.2) is 0 Å². The van der Waals surface area contributed by atoms with Crippen molar-refractivity contribution in [3.63, 3.8) is 0 Å². The maximum absolute atomic E-state index is 12.2. The molecule has 0 unspecified atom stereocenters. The summed E-state index contributed by atoms with van der Waals surface area (Å²) in [7, 11) is 0. The number of hydrogen-bond donors (Lipinski definition) is 0. The molecule has 0 aromatic heterocycles. The second-order valence-electron chi connectivity index (χ2n) is 3.57. The molecule has 0 spiro atoms. The molecule has 0 aliphatic heterocycles. The Hall–Kier alpha value is -1.42. The van der Waals surface area contributed by atoms with Gasteiger partial charge in [-0.3, -0.25) is 0 Å². The van der Waals surface area contributed by atoms with Crippen LogP contribution >= 0.6 is 0 Å². The summed E-state index contributed by atoms with van der Waals surface area (Å²) in [5.41, 5.74) is 0.733. The van der Waals surface area contributed by atoms with Crippen LogP contribution in [0.4, 0.5) is 0 Å². The van der Waals surface area contributed by atoms with Crippen molar-refractivity contribution in [2.24, 2.45) is 0 Å². The van der Waals surface area contributed by atoms with Gasteiger partial charge in [-0.2, -0.15) is 0 Å². The van der Waals surface area contributed by atoms with E-state index in [-0.39, 0.29) is 24.6 Å². The molecular formula is C15H13LiO. The van der Waals surface area contributed by atoms with Crippen LogP contribution < -0.4 is 34.4 Å². The van der Waals surface area contributed by atoms with Gasteiger partial charge in [0.05, 0.1) is 0 Å². The molecule has 0 aliphatic rings. The summed E-state index contributed by atoms with van der Waals surface area (Å²) < 4.78 is 0. The molecule has 0 saturated heterocycles. The Balaban J connectivity index is 0.00000144. The minimum absolute atomic E-state index is 0. The van der Waals surface area contributed by atoms with Crippen molar-refractivity contribution >= 4 is 11.8 Å². The molecule has 0 fully saturated rings. The Morgan fingerprint density at radius 3 is 2.18 bits per heavy atom. The van der Waals surface area contributed by atoms with Gasteiger partial charge in [-0.05, 0) is 22.9 Å². The zero-order valence-electron chi connectivity index (χ0n) is 10.2. The molecule has 2 rings (SSSR count). The van der Waals surface area contributed by atoms with Crippen LogP contribution in [0.25, 0.3) is 11.8 Å². The molecule has 0 bridgehead atoms. The van der Waals surface area contributed by atoms with Gasteiger partial charge in [-0.25, -0.2) is 0 Å². The Labute approximate surface area is 113 Å². The first-order valence-corrected chi connectivity index (χ1v) is 5.31. The first-order chi connectivity index (χ1) is 7.83. The van der Waals surface area contributed by atoms with E-state index in [4.69, 9.17) is 0 Å². The van der Waals surface area contributed by atoms with E-state index >= 15 is 0 Å². The van der Waals surface area contributed by atoms with Crippen molar-refractivity contribution in [1.82, 2.24) is 0 Å². The van der Waals surface area contributed by atoms with Gasteiger partial charge in [-0.1, -0.05) is 66.4 Å². The van der Waals surface area contributed by atoms with Crippen molar-refractivity contribution in [3.8, 4) is 0 Å². The minimum Gasteiger partial charge on any atom is -0.872 e. The van der Waals surface area contributed by atoms with Crippen LogP contribution in [0, 0.1) is 0 Å². The average Bonchev–Trinajstić information content (AvgIpc) is 2.39. The van der Waals surface area contributed by atoms with Crippen LogP contribution in [-0.2, 0) is 0 Å². The third-order valence-corrected chi connectivity index (χ3v) is 2.55. The van der Waals surface area contributed by atoms with Gasteiger partial charge in [0, 0.05) is 0 Å². The van der Waals surface area contributed by atoms with Crippen molar-refractivity contribution in [2.45, 2.75) is 6.92 Å². The van der Waals surface area contributed by atoms with E-state index in [1.807, 2.05) is 67.6 Å². The molecule has 80 valence electrons.